The lowest BCUT2D eigenvalue weighted by Gasteiger charge is -2.27. The summed E-state index contributed by atoms with van der Waals surface area (Å²) in [6.07, 6.45) is 0. The molecule has 0 amide bonds. The van der Waals surface area contributed by atoms with E-state index < -0.39 is 10.0 Å². The summed E-state index contributed by atoms with van der Waals surface area (Å²) in [5, 5.41) is 3.41. The lowest BCUT2D eigenvalue weighted by atomic mass is 10.2. The maximum absolute atomic E-state index is 11.8. The first kappa shape index (κ1) is 10.9. The van der Waals surface area contributed by atoms with Gasteiger partial charge in [-0.3, -0.25) is 0 Å². The Morgan fingerprint density at radius 2 is 2.13 bits per heavy atom. The third kappa shape index (κ3) is 2.49. The zero-order valence-electron chi connectivity index (χ0n) is 7.90. The molecule has 1 aromatic rings. The number of nitrogens with one attached hydrogen (secondary N) is 2. The lowest BCUT2D eigenvalue weighted by Crippen LogP contribution is -2.56. The number of hydrogen-bond donors (Lipinski definition) is 2. The fourth-order valence-electron chi connectivity index (χ4n) is 1.29. The van der Waals surface area contributed by atoms with Gasteiger partial charge in [-0.1, -0.05) is 17.7 Å². The molecule has 0 atom stereocenters. The highest BCUT2D eigenvalue weighted by molar-refractivity contribution is 7.89. The molecule has 0 spiro atoms. The Morgan fingerprint density at radius 1 is 1.40 bits per heavy atom. The number of hydrogen-bond acceptors (Lipinski definition) is 3. The monoisotopic (exact) mass is 246 g/mol. The molecule has 2 N–H and O–H groups in total. The van der Waals surface area contributed by atoms with Crippen LogP contribution in [0.3, 0.4) is 0 Å². The highest BCUT2D eigenvalue weighted by atomic mass is 35.5. The van der Waals surface area contributed by atoms with Crippen molar-refractivity contribution < 1.29 is 8.42 Å². The summed E-state index contributed by atoms with van der Waals surface area (Å²) in [6, 6.07) is 6.23. The van der Waals surface area contributed by atoms with Gasteiger partial charge in [0, 0.05) is 24.2 Å². The average molecular weight is 247 g/mol. The molecule has 0 radical (unpaired) electrons. The van der Waals surface area contributed by atoms with Crippen LogP contribution < -0.4 is 10.0 Å². The van der Waals surface area contributed by atoms with E-state index in [4.69, 9.17) is 11.6 Å². The molecular weight excluding hydrogens is 236 g/mol. The zero-order valence-corrected chi connectivity index (χ0v) is 9.48. The van der Waals surface area contributed by atoms with Gasteiger partial charge in [-0.25, -0.2) is 13.1 Å². The van der Waals surface area contributed by atoms with E-state index in [0.717, 1.165) is 0 Å². The molecule has 1 saturated heterocycles. The van der Waals surface area contributed by atoms with E-state index in [1.807, 2.05) is 0 Å². The molecule has 2 rings (SSSR count). The Hall–Kier alpha value is -0.620. The van der Waals surface area contributed by atoms with Gasteiger partial charge in [-0.2, -0.15) is 0 Å². The lowest BCUT2D eigenvalue weighted by molar-refractivity contribution is 0.410. The Labute approximate surface area is 93.7 Å². The molecule has 4 nitrogen and oxygen atoms in total. The molecule has 0 saturated carbocycles. The first-order valence-electron chi connectivity index (χ1n) is 4.56. The van der Waals surface area contributed by atoms with Crippen LogP contribution in [0.15, 0.2) is 29.2 Å². The van der Waals surface area contributed by atoms with Gasteiger partial charge in [-0.05, 0) is 18.2 Å². The fraction of sp³-hybridized carbons (Fsp3) is 0.333. The smallest absolute Gasteiger partial charge is 0.240 e. The molecule has 1 aromatic carbocycles. The minimum atomic E-state index is -3.42. The summed E-state index contributed by atoms with van der Waals surface area (Å²) in [6.45, 7) is 1.36. The Kier molecular flexibility index (Phi) is 2.97. The standard InChI is InChI=1S/C9H11ClN2O2S/c10-7-2-1-3-9(4-7)15(13,14)12-8-5-11-6-8/h1-4,8,11-12H,5-6H2. The topological polar surface area (TPSA) is 58.2 Å². The van der Waals surface area contributed by atoms with Crippen molar-refractivity contribution in [2.24, 2.45) is 0 Å². The minimum Gasteiger partial charge on any atom is -0.313 e. The van der Waals surface area contributed by atoms with Crippen LogP contribution in [0, 0.1) is 0 Å². The first-order valence-corrected chi connectivity index (χ1v) is 6.43. The second-order valence-electron chi connectivity index (χ2n) is 3.43. The Morgan fingerprint density at radius 3 is 2.67 bits per heavy atom. The largest absolute Gasteiger partial charge is 0.313 e. The minimum absolute atomic E-state index is 0.00557. The van der Waals surface area contributed by atoms with Gasteiger partial charge in [0.2, 0.25) is 10.0 Å². The predicted molar refractivity (Wildman–Crippen MR) is 58.4 cm³/mol. The molecule has 6 heteroatoms. The summed E-state index contributed by atoms with van der Waals surface area (Å²) < 4.78 is 26.2. The van der Waals surface area contributed by atoms with E-state index >= 15 is 0 Å². The average Bonchev–Trinajstić information content (AvgIpc) is 2.12. The van der Waals surface area contributed by atoms with Crippen molar-refractivity contribution in [3.05, 3.63) is 29.3 Å². The van der Waals surface area contributed by atoms with Crippen LogP contribution in [0.5, 0.6) is 0 Å². The van der Waals surface area contributed by atoms with Crippen molar-refractivity contribution in [2.75, 3.05) is 13.1 Å². The van der Waals surface area contributed by atoms with Crippen molar-refractivity contribution >= 4 is 21.6 Å². The second-order valence-corrected chi connectivity index (χ2v) is 5.58. The van der Waals surface area contributed by atoms with Gasteiger partial charge in [0.25, 0.3) is 0 Å². The van der Waals surface area contributed by atoms with Crippen molar-refractivity contribution in [1.82, 2.24) is 10.0 Å². The van der Waals surface area contributed by atoms with Crippen LogP contribution in [0.4, 0.5) is 0 Å². The first-order chi connectivity index (χ1) is 7.08. The molecule has 0 bridgehead atoms. The maximum Gasteiger partial charge on any atom is 0.240 e. The molecule has 0 aliphatic carbocycles. The zero-order chi connectivity index (χ0) is 10.9. The number of halogens is 1. The van der Waals surface area contributed by atoms with Crippen LogP contribution in [0.25, 0.3) is 0 Å². The Balaban J connectivity index is 2.20. The van der Waals surface area contributed by atoms with Crippen molar-refractivity contribution in [1.29, 1.82) is 0 Å². The summed E-state index contributed by atoms with van der Waals surface area (Å²) in [5.41, 5.74) is 0. The van der Waals surface area contributed by atoms with E-state index in [-0.39, 0.29) is 10.9 Å². The van der Waals surface area contributed by atoms with E-state index in [1.54, 1.807) is 12.1 Å². The van der Waals surface area contributed by atoms with Crippen molar-refractivity contribution in [2.45, 2.75) is 10.9 Å². The second kappa shape index (κ2) is 4.09. The fourth-order valence-corrected chi connectivity index (χ4v) is 2.83. The van der Waals surface area contributed by atoms with Gasteiger partial charge < -0.3 is 5.32 Å². The van der Waals surface area contributed by atoms with Crippen LogP contribution in [-0.4, -0.2) is 27.5 Å². The Bertz CT molecular complexity index is 457. The van der Waals surface area contributed by atoms with Gasteiger partial charge in [-0.15, -0.1) is 0 Å². The molecule has 1 aliphatic heterocycles. The van der Waals surface area contributed by atoms with Crippen LogP contribution >= 0.6 is 11.6 Å². The van der Waals surface area contributed by atoms with E-state index in [2.05, 4.69) is 10.0 Å². The van der Waals surface area contributed by atoms with Gasteiger partial charge in [0.1, 0.15) is 0 Å². The quantitative estimate of drug-likeness (QED) is 0.821. The summed E-state index contributed by atoms with van der Waals surface area (Å²) in [4.78, 5) is 0.210. The maximum atomic E-state index is 11.8. The van der Waals surface area contributed by atoms with Gasteiger partial charge in [0.15, 0.2) is 0 Å². The molecule has 82 valence electrons. The molecule has 0 aromatic heterocycles. The van der Waals surface area contributed by atoms with Crippen LogP contribution in [0.1, 0.15) is 0 Å². The summed E-state index contributed by atoms with van der Waals surface area (Å²) >= 11 is 5.73. The highest BCUT2D eigenvalue weighted by Gasteiger charge is 2.24. The molecule has 1 heterocycles. The van der Waals surface area contributed by atoms with Gasteiger partial charge >= 0.3 is 0 Å². The third-order valence-electron chi connectivity index (χ3n) is 2.21. The molecule has 1 aliphatic rings. The normalized spacial score (nSPS) is 17.4. The number of benzene rings is 1. The van der Waals surface area contributed by atoms with Crippen LogP contribution in [-0.2, 0) is 10.0 Å². The van der Waals surface area contributed by atoms with E-state index in [0.29, 0.717) is 18.1 Å². The van der Waals surface area contributed by atoms with Gasteiger partial charge in [0.05, 0.1) is 4.90 Å². The molecule has 1 fully saturated rings. The number of sulfonamides is 1. The van der Waals surface area contributed by atoms with Crippen molar-refractivity contribution in [3.8, 4) is 0 Å². The predicted octanol–water partition coefficient (Wildman–Crippen LogP) is 0.590. The molecule has 0 unspecified atom stereocenters. The number of rotatable bonds is 3. The SMILES string of the molecule is O=S(=O)(NC1CNC1)c1cccc(Cl)c1. The van der Waals surface area contributed by atoms with Crippen molar-refractivity contribution in [3.63, 3.8) is 0 Å². The summed E-state index contributed by atoms with van der Waals surface area (Å²) in [5.74, 6) is 0. The highest BCUT2D eigenvalue weighted by Crippen LogP contribution is 2.15. The molecular formula is C9H11ClN2O2S. The van der Waals surface area contributed by atoms with E-state index in [1.165, 1.54) is 12.1 Å². The summed E-state index contributed by atoms with van der Waals surface area (Å²) in [7, 11) is -3.42. The van der Waals surface area contributed by atoms with Crippen LogP contribution in [0.2, 0.25) is 5.02 Å². The third-order valence-corrected chi connectivity index (χ3v) is 3.96. The molecule has 15 heavy (non-hydrogen) atoms. The van der Waals surface area contributed by atoms with E-state index in [9.17, 15) is 8.42 Å².